The Hall–Kier alpha value is -1.96. The monoisotopic (exact) mass is 289 g/mol. The summed E-state index contributed by atoms with van der Waals surface area (Å²) in [5.41, 5.74) is 0. The summed E-state index contributed by atoms with van der Waals surface area (Å²) in [5, 5.41) is 4.45. The maximum atomic E-state index is 4.52. The second kappa shape index (κ2) is 6.00. The lowest BCUT2D eigenvalue weighted by atomic mass is 10.4. The molecule has 0 amide bonds. The van der Waals surface area contributed by atoms with Gasteiger partial charge in [0.15, 0.2) is 0 Å². The Balaban J connectivity index is 1.87. The van der Waals surface area contributed by atoms with Gasteiger partial charge in [0, 0.05) is 26.3 Å². The highest BCUT2D eigenvalue weighted by Crippen LogP contribution is 2.25. The summed E-state index contributed by atoms with van der Waals surface area (Å²) < 4.78 is 0. The molecule has 0 saturated carbocycles. The van der Waals surface area contributed by atoms with Crippen molar-refractivity contribution in [3.05, 3.63) is 18.6 Å². The van der Waals surface area contributed by atoms with Crippen molar-refractivity contribution in [2.24, 2.45) is 0 Å². The molecule has 0 radical (unpaired) electrons. The van der Waals surface area contributed by atoms with Crippen LogP contribution in [-0.2, 0) is 0 Å². The number of nitrogens with one attached hydrogen (secondary N) is 1. The highest BCUT2D eigenvalue weighted by atomic mass is 32.2. The molecule has 0 atom stereocenters. The molecule has 0 unspecified atom stereocenters. The van der Waals surface area contributed by atoms with Crippen LogP contribution in [-0.4, -0.2) is 45.1 Å². The largest absolute Gasteiger partial charge is 0.357 e. The summed E-state index contributed by atoms with van der Waals surface area (Å²) in [6.45, 7) is 2.01. The Bertz CT molecular complexity index is 571. The molecule has 0 aromatic carbocycles. The van der Waals surface area contributed by atoms with E-state index in [1.54, 1.807) is 6.20 Å². The maximum Gasteiger partial charge on any atom is 0.231 e. The summed E-state index contributed by atoms with van der Waals surface area (Å²) in [7, 11) is 1.81. The van der Waals surface area contributed by atoms with Crippen molar-refractivity contribution in [1.29, 1.82) is 0 Å². The zero-order chi connectivity index (χ0) is 13.8. The van der Waals surface area contributed by atoms with Crippen molar-refractivity contribution in [2.45, 2.75) is 23.0 Å². The van der Waals surface area contributed by atoms with Crippen LogP contribution in [0.1, 0.15) is 12.8 Å². The molecular formula is C12H15N7S. The normalized spacial score (nSPS) is 14.6. The summed E-state index contributed by atoms with van der Waals surface area (Å²) in [6.07, 6.45) is 5.60. The first-order valence-corrected chi connectivity index (χ1v) is 7.29. The fourth-order valence-electron chi connectivity index (χ4n) is 1.99. The third-order valence-corrected chi connectivity index (χ3v) is 3.78. The fraction of sp³-hybridized carbons (Fsp3) is 0.417. The second-order valence-corrected chi connectivity index (χ2v) is 5.32. The predicted octanol–water partition coefficient (Wildman–Crippen LogP) is 1.45. The van der Waals surface area contributed by atoms with Crippen LogP contribution >= 0.6 is 11.8 Å². The molecule has 1 aliphatic rings. The molecule has 0 aliphatic carbocycles. The van der Waals surface area contributed by atoms with Gasteiger partial charge in [0.1, 0.15) is 11.4 Å². The minimum atomic E-state index is 0.582. The molecule has 8 heteroatoms. The van der Waals surface area contributed by atoms with Gasteiger partial charge in [-0.15, -0.1) is 0 Å². The molecule has 104 valence electrons. The van der Waals surface area contributed by atoms with Crippen LogP contribution in [0, 0.1) is 0 Å². The fourth-order valence-corrected chi connectivity index (χ4v) is 2.67. The van der Waals surface area contributed by atoms with Crippen molar-refractivity contribution in [3.63, 3.8) is 0 Å². The SMILES string of the molecule is CNc1nc(Sc2ccncn2)nc(N2CCCC2)n1. The van der Waals surface area contributed by atoms with Gasteiger partial charge in [-0.3, -0.25) is 0 Å². The van der Waals surface area contributed by atoms with E-state index in [-0.39, 0.29) is 0 Å². The Morgan fingerprint density at radius 2 is 2.05 bits per heavy atom. The highest BCUT2D eigenvalue weighted by molar-refractivity contribution is 7.99. The van der Waals surface area contributed by atoms with Crippen LogP contribution in [0.15, 0.2) is 28.8 Å². The Morgan fingerprint density at radius 3 is 2.75 bits per heavy atom. The lowest BCUT2D eigenvalue weighted by Gasteiger charge is -2.16. The zero-order valence-corrected chi connectivity index (χ0v) is 12.0. The first-order valence-electron chi connectivity index (χ1n) is 6.48. The highest BCUT2D eigenvalue weighted by Gasteiger charge is 2.17. The third-order valence-electron chi connectivity index (χ3n) is 2.97. The van der Waals surface area contributed by atoms with Crippen molar-refractivity contribution >= 4 is 23.7 Å². The van der Waals surface area contributed by atoms with Crippen LogP contribution in [0.4, 0.5) is 11.9 Å². The summed E-state index contributed by atoms with van der Waals surface area (Å²) in [5.74, 6) is 1.32. The summed E-state index contributed by atoms with van der Waals surface area (Å²) in [6, 6.07) is 1.84. The van der Waals surface area contributed by atoms with Crippen LogP contribution in [0.5, 0.6) is 0 Å². The topological polar surface area (TPSA) is 79.7 Å². The minimum absolute atomic E-state index is 0.582. The van der Waals surface area contributed by atoms with Gasteiger partial charge in [0.05, 0.1) is 0 Å². The molecule has 1 aliphatic heterocycles. The molecule has 2 aromatic rings. The van der Waals surface area contributed by atoms with Crippen molar-refractivity contribution in [1.82, 2.24) is 24.9 Å². The zero-order valence-electron chi connectivity index (χ0n) is 11.2. The molecule has 0 bridgehead atoms. The van der Waals surface area contributed by atoms with Gasteiger partial charge in [-0.1, -0.05) is 0 Å². The van der Waals surface area contributed by atoms with E-state index < -0.39 is 0 Å². The first kappa shape index (κ1) is 13.0. The molecule has 1 N–H and O–H groups in total. The third kappa shape index (κ3) is 2.96. The minimum Gasteiger partial charge on any atom is -0.357 e. The Kier molecular flexibility index (Phi) is 3.91. The molecule has 1 saturated heterocycles. The van der Waals surface area contributed by atoms with Gasteiger partial charge in [-0.05, 0) is 30.7 Å². The first-order chi connectivity index (χ1) is 9.85. The Morgan fingerprint density at radius 1 is 1.20 bits per heavy atom. The average molecular weight is 289 g/mol. The number of anilines is 2. The molecule has 7 nitrogen and oxygen atoms in total. The van der Waals surface area contributed by atoms with E-state index in [1.165, 1.54) is 30.9 Å². The molecule has 3 heterocycles. The van der Waals surface area contributed by atoms with E-state index in [0.717, 1.165) is 24.1 Å². The van der Waals surface area contributed by atoms with E-state index in [2.05, 4.69) is 35.1 Å². The lowest BCUT2D eigenvalue weighted by molar-refractivity contribution is 0.829. The summed E-state index contributed by atoms with van der Waals surface area (Å²) in [4.78, 5) is 23.6. The maximum absolute atomic E-state index is 4.52. The van der Waals surface area contributed by atoms with Crippen molar-refractivity contribution < 1.29 is 0 Å². The average Bonchev–Trinajstić information content (AvgIpc) is 3.02. The molecule has 0 spiro atoms. The quantitative estimate of drug-likeness (QED) is 0.847. The number of aromatic nitrogens is 5. The van der Waals surface area contributed by atoms with Crippen LogP contribution in [0.2, 0.25) is 0 Å². The van der Waals surface area contributed by atoms with E-state index in [4.69, 9.17) is 0 Å². The molecule has 2 aromatic heterocycles. The molecular weight excluding hydrogens is 274 g/mol. The molecule has 1 fully saturated rings. The standard InChI is InChI=1S/C12H15N7S/c1-13-10-16-11(19-6-2-3-7-19)18-12(17-10)20-9-4-5-14-8-15-9/h4-5,8H,2-3,6-7H2,1H3,(H,13,16,17,18). The Labute approximate surface area is 121 Å². The molecule has 20 heavy (non-hydrogen) atoms. The van der Waals surface area contributed by atoms with Gasteiger partial charge < -0.3 is 10.2 Å². The smallest absolute Gasteiger partial charge is 0.231 e. The van der Waals surface area contributed by atoms with Crippen molar-refractivity contribution in [2.75, 3.05) is 30.4 Å². The summed E-state index contributed by atoms with van der Waals surface area (Å²) >= 11 is 1.41. The lowest BCUT2D eigenvalue weighted by Crippen LogP contribution is -2.21. The number of rotatable bonds is 4. The van der Waals surface area contributed by atoms with Gasteiger partial charge in [-0.25, -0.2) is 9.97 Å². The van der Waals surface area contributed by atoms with Crippen LogP contribution < -0.4 is 10.2 Å². The van der Waals surface area contributed by atoms with E-state index in [9.17, 15) is 0 Å². The van der Waals surface area contributed by atoms with Gasteiger partial charge >= 0.3 is 0 Å². The van der Waals surface area contributed by atoms with Gasteiger partial charge in [0.2, 0.25) is 17.1 Å². The molecule has 3 rings (SSSR count). The van der Waals surface area contributed by atoms with Crippen LogP contribution in [0.25, 0.3) is 0 Å². The van der Waals surface area contributed by atoms with E-state index in [1.807, 2.05) is 13.1 Å². The number of nitrogens with zero attached hydrogens (tertiary/aromatic N) is 6. The van der Waals surface area contributed by atoms with Gasteiger partial charge in [0.25, 0.3) is 0 Å². The number of hydrogen-bond acceptors (Lipinski definition) is 8. The van der Waals surface area contributed by atoms with Crippen LogP contribution in [0.3, 0.4) is 0 Å². The van der Waals surface area contributed by atoms with Crippen molar-refractivity contribution in [3.8, 4) is 0 Å². The second-order valence-electron chi connectivity index (χ2n) is 4.34. The van der Waals surface area contributed by atoms with E-state index >= 15 is 0 Å². The van der Waals surface area contributed by atoms with E-state index in [0.29, 0.717) is 11.1 Å². The predicted molar refractivity (Wildman–Crippen MR) is 77.0 cm³/mol. The van der Waals surface area contributed by atoms with Gasteiger partial charge in [-0.2, -0.15) is 15.0 Å². The number of hydrogen-bond donors (Lipinski definition) is 1.